The first-order chi connectivity index (χ1) is 13.2. The van der Waals surface area contributed by atoms with Crippen LogP contribution >= 0.6 is 12.2 Å². The average Bonchev–Trinajstić information content (AvgIpc) is 2.74. The number of fused-ring (bicyclic) bond motifs is 1. The van der Waals surface area contributed by atoms with Crippen molar-refractivity contribution in [1.82, 2.24) is 4.90 Å². The van der Waals surface area contributed by atoms with E-state index in [4.69, 9.17) is 21.7 Å². The van der Waals surface area contributed by atoms with Crippen molar-refractivity contribution in [2.24, 2.45) is 5.92 Å². The van der Waals surface area contributed by atoms with E-state index in [-0.39, 0.29) is 5.92 Å². The number of anilines is 1. The van der Waals surface area contributed by atoms with Crippen molar-refractivity contribution in [3.8, 4) is 11.5 Å². The first kappa shape index (κ1) is 18.1. The predicted octanol–water partition coefficient (Wildman–Crippen LogP) is 3.60. The van der Waals surface area contributed by atoms with Crippen molar-refractivity contribution in [3.63, 3.8) is 0 Å². The Morgan fingerprint density at radius 1 is 1.04 bits per heavy atom. The van der Waals surface area contributed by atoms with E-state index in [1.165, 1.54) is 0 Å². The SMILES string of the molecule is O[C@H](c1ccccc1)C1CCN(C(=S)Nc2ccc3c(c2)OCCO3)CC1. The highest BCUT2D eigenvalue weighted by atomic mass is 32.1. The lowest BCUT2D eigenvalue weighted by molar-refractivity contribution is 0.0744. The summed E-state index contributed by atoms with van der Waals surface area (Å²) in [5, 5.41) is 14.6. The smallest absolute Gasteiger partial charge is 0.173 e. The summed E-state index contributed by atoms with van der Waals surface area (Å²) in [4.78, 5) is 2.17. The minimum absolute atomic E-state index is 0.265. The van der Waals surface area contributed by atoms with Gasteiger partial charge in [-0.1, -0.05) is 30.3 Å². The van der Waals surface area contributed by atoms with Crippen molar-refractivity contribution in [2.45, 2.75) is 18.9 Å². The highest BCUT2D eigenvalue weighted by molar-refractivity contribution is 7.80. The third-order valence-electron chi connectivity index (χ3n) is 5.21. The molecule has 0 bridgehead atoms. The quantitative estimate of drug-likeness (QED) is 0.789. The molecule has 6 heteroatoms. The van der Waals surface area contributed by atoms with E-state index < -0.39 is 6.10 Å². The van der Waals surface area contributed by atoms with Gasteiger partial charge in [-0.15, -0.1) is 0 Å². The summed E-state index contributed by atoms with van der Waals surface area (Å²) in [6.45, 7) is 2.83. The van der Waals surface area contributed by atoms with E-state index in [9.17, 15) is 5.11 Å². The molecule has 0 unspecified atom stereocenters. The zero-order valence-electron chi connectivity index (χ0n) is 15.1. The average molecular weight is 385 g/mol. The number of hydrogen-bond donors (Lipinski definition) is 2. The molecular formula is C21H24N2O3S. The van der Waals surface area contributed by atoms with Crippen LogP contribution in [-0.4, -0.2) is 41.4 Å². The minimum Gasteiger partial charge on any atom is -0.486 e. The van der Waals surface area contributed by atoms with E-state index in [2.05, 4.69) is 10.2 Å². The summed E-state index contributed by atoms with van der Waals surface area (Å²) in [6, 6.07) is 15.7. The van der Waals surface area contributed by atoms with Gasteiger partial charge in [0, 0.05) is 24.8 Å². The summed E-state index contributed by atoms with van der Waals surface area (Å²) < 4.78 is 11.2. The van der Waals surface area contributed by atoms with Crippen LogP contribution in [0, 0.1) is 5.92 Å². The van der Waals surface area contributed by atoms with Crippen molar-refractivity contribution < 1.29 is 14.6 Å². The summed E-state index contributed by atoms with van der Waals surface area (Å²) in [5.41, 5.74) is 1.89. The lowest BCUT2D eigenvalue weighted by Crippen LogP contribution is -2.41. The highest BCUT2D eigenvalue weighted by Crippen LogP contribution is 2.33. The highest BCUT2D eigenvalue weighted by Gasteiger charge is 2.27. The molecule has 5 nitrogen and oxygen atoms in total. The first-order valence-corrected chi connectivity index (χ1v) is 9.80. The van der Waals surface area contributed by atoms with Crippen LogP contribution in [0.5, 0.6) is 11.5 Å². The Balaban J connectivity index is 1.32. The number of rotatable bonds is 3. The fourth-order valence-corrected chi connectivity index (χ4v) is 3.96. The molecule has 0 amide bonds. The number of piperidine rings is 1. The van der Waals surface area contributed by atoms with Crippen LogP contribution in [0.4, 0.5) is 5.69 Å². The van der Waals surface area contributed by atoms with Gasteiger partial charge in [0.1, 0.15) is 13.2 Å². The Morgan fingerprint density at radius 3 is 2.48 bits per heavy atom. The molecule has 2 aliphatic heterocycles. The molecule has 0 aromatic heterocycles. The van der Waals surface area contributed by atoms with Gasteiger partial charge in [-0.25, -0.2) is 0 Å². The van der Waals surface area contributed by atoms with Crippen LogP contribution in [0.2, 0.25) is 0 Å². The van der Waals surface area contributed by atoms with Crippen molar-refractivity contribution >= 4 is 23.0 Å². The van der Waals surface area contributed by atoms with Crippen LogP contribution < -0.4 is 14.8 Å². The predicted molar refractivity (Wildman–Crippen MR) is 109 cm³/mol. The van der Waals surface area contributed by atoms with Crippen LogP contribution in [0.15, 0.2) is 48.5 Å². The van der Waals surface area contributed by atoms with Gasteiger partial charge < -0.3 is 24.8 Å². The van der Waals surface area contributed by atoms with E-state index in [1.807, 2.05) is 48.5 Å². The molecular weight excluding hydrogens is 360 g/mol. The summed E-state index contributed by atoms with van der Waals surface area (Å²) in [6.07, 6.45) is 1.42. The zero-order valence-corrected chi connectivity index (χ0v) is 16.0. The number of nitrogens with one attached hydrogen (secondary N) is 1. The van der Waals surface area contributed by atoms with Gasteiger partial charge in [0.15, 0.2) is 16.6 Å². The van der Waals surface area contributed by atoms with Crippen molar-refractivity contribution in [3.05, 3.63) is 54.1 Å². The van der Waals surface area contributed by atoms with Crippen molar-refractivity contribution in [1.29, 1.82) is 0 Å². The van der Waals surface area contributed by atoms with E-state index >= 15 is 0 Å². The molecule has 0 spiro atoms. The molecule has 2 heterocycles. The number of ether oxygens (including phenoxy) is 2. The molecule has 2 aromatic rings. The van der Waals surface area contributed by atoms with Gasteiger partial charge in [0.25, 0.3) is 0 Å². The van der Waals surface area contributed by atoms with E-state index in [0.717, 1.165) is 48.7 Å². The molecule has 27 heavy (non-hydrogen) atoms. The molecule has 142 valence electrons. The summed E-state index contributed by atoms with van der Waals surface area (Å²) in [7, 11) is 0. The summed E-state index contributed by atoms with van der Waals surface area (Å²) >= 11 is 5.59. The van der Waals surface area contributed by atoms with Gasteiger partial charge >= 0.3 is 0 Å². The fraction of sp³-hybridized carbons (Fsp3) is 0.381. The Morgan fingerprint density at radius 2 is 1.74 bits per heavy atom. The number of benzene rings is 2. The second-order valence-corrected chi connectivity index (χ2v) is 7.36. The minimum atomic E-state index is -0.410. The maximum absolute atomic E-state index is 10.6. The standard InChI is InChI=1S/C21H24N2O3S/c24-20(15-4-2-1-3-5-15)16-8-10-23(11-9-16)21(27)22-17-6-7-18-19(14-17)26-13-12-25-18/h1-7,14,16,20,24H,8-13H2,(H,22,27)/t20-/m1/s1. The molecule has 0 saturated carbocycles. The molecule has 2 aromatic carbocycles. The van der Waals surface area contributed by atoms with Gasteiger partial charge in [-0.2, -0.15) is 0 Å². The fourth-order valence-electron chi connectivity index (χ4n) is 3.66. The molecule has 1 fully saturated rings. The molecule has 0 aliphatic carbocycles. The molecule has 2 aliphatic rings. The van der Waals surface area contributed by atoms with Gasteiger partial charge in [0.05, 0.1) is 6.10 Å². The molecule has 1 atom stereocenters. The van der Waals surface area contributed by atoms with Gasteiger partial charge in [-0.05, 0) is 48.7 Å². The maximum atomic E-state index is 10.6. The van der Waals surface area contributed by atoms with Crippen LogP contribution in [0.3, 0.4) is 0 Å². The van der Waals surface area contributed by atoms with Crippen LogP contribution in [0.1, 0.15) is 24.5 Å². The third kappa shape index (κ3) is 4.17. The van der Waals surface area contributed by atoms with Crippen LogP contribution in [-0.2, 0) is 0 Å². The Hall–Kier alpha value is -2.31. The van der Waals surface area contributed by atoms with E-state index in [0.29, 0.717) is 18.3 Å². The van der Waals surface area contributed by atoms with Gasteiger partial charge in [0.2, 0.25) is 0 Å². The molecule has 0 radical (unpaired) electrons. The number of aliphatic hydroxyl groups excluding tert-OH is 1. The number of thiocarbonyl (C=S) groups is 1. The lowest BCUT2D eigenvalue weighted by atomic mass is 9.87. The number of nitrogens with zero attached hydrogens (tertiary/aromatic N) is 1. The molecule has 1 saturated heterocycles. The van der Waals surface area contributed by atoms with Crippen LogP contribution in [0.25, 0.3) is 0 Å². The Kier molecular flexibility index (Phi) is 5.45. The van der Waals surface area contributed by atoms with Crippen molar-refractivity contribution in [2.75, 3.05) is 31.6 Å². The van der Waals surface area contributed by atoms with Gasteiger partial charge in [-0.3, -0.25) is 0 Å². The second kappa shape index (κ2) is 8.15. The normalized spacial score (nSPS) is 18.0. The summed E-state index contributed by atoms with van der Waals surface area (Å²) in [5.74, 6) is 1.79. The first-order valence-electron chi connectivity index (χ1n) is 9.39. The number of hydrogen-bond acceptors (Lipinski definition) is 4. The zero-order chi connectivity index (χ0) is 18.6. The maximum Gasteiger partial charge on any atom is 0.173 e. The molecule has 4 rings (SSSR count). The number of likely N-dealkylation sites (tertiary alicyclic amines) is 1. The molecule has 2 N–H and O–H groups in total. The largest absolute Gasteiger partial charge is 0.486 e. The lowest BCUT2D eigenvalue weighted by Gasteiger charge is -2.36. The van der Waals surface area contributed by atoms with E-state index in [1.54, 1.807) is 0 Å². The third-order valence-corrected chi connectivity index (χ3v) is 5.57. The Bertz CT molecular complexity index is 791. The number of aliphatic hydroxyl groups is 1. The topological polar surface area (TPSA) is 54.0 Å². The Labute approximate surface area is 164 Å². The second-order valence-electron chi connectivity index (χ2n) is 6.97. The monoisotopic (exact) mass is 384 g/mol.